The zero-order valence-electron chi connectivity index (χ0n) is 19.2. The van der Waals surface area contributed by atoms with Gasteiger partial charge in [-0.3, -0.25) is 9.59 Å². The molecular weight excluding hydrogens is 440 g/mol. The minimum absolute atomic E-state index is 0.0877. The van der Waals surface area contributed by atoms with E-state index in [4.69, 9.17) is 0 Å². The molecule has 2 saturated heterocycles. The van der Waals surface area contributed by atoms with Crippen LogP contribution < -0.4 is 10.2 Å². The van der Waals surface area contributed by atoms with E-state index in [2.05, 4.69) is 10.2 Å². The Bertz CT molecular complexity index is 1170. The number of aryl methyl sites for hydroxylation is 1. The Labute approximate surface area is 195 Å². The number of nitrogens with zero attached hydrogens (tertiary/aromatic N) is 3. The van der Waals surface area contributed by atoms with Gasteiger partial charge in [0.15, 0.2) is 0 Å². The normalized spacial score (nSPS) is 20.3. The number of hydrogen-bond donors (Lipinski definition) is 1. The zero-order valence-corrected chi connectivity index (χ0v) is 20.1. The Kier molecular flexibility index (Phi) is 6.56. The molecule has 176 valence electrons. The van der Waals surface area contributed by atoms with Crippen LogP contribution in [0.1, 0.15) is 17.5 Å². The highest BCUT2D eigenvalue weighted by Gasteiger charge is 2.36. The summed E-state index contributed by atoms with van der Waals surface area (Å²) in [6.45, 7) is 6.50. The molecule has 1 N–H and O–H groups in total. The van der Waals surface area contributed by atoms with Gasteiger partial charge in [0.05, 0.1) is 10.8 Å². The molecule has 0 aliphatic carbocycles. The van der Waals surface area contributed by atoms with Crippen molar-refractivity contribution in [3.8, 4) is 0 Å². The van der Waals surface area contributed by atoms with E-state index in [-0.39, 0.29) is 23.1 Å². The van der Waals surface area contributed by atoms with Crippen molar-refractivity contribution < 1.29 is 18.0 Å². The number of anilines is 2. The fourth-order valence-corrected chi connectivity index (χ4v) is 5.77. The van der Waals surface area contributed by atoms with Gasteiger partial charge in [0.1, 0.15) is 0 Å². The van der Waals surface area contributed by atoms with E-state index in [9.17, 15) is 18.0 Å². The lowest BCUT2D eigenvalue weighted by atomic mass is 10.1. The Morgan fingerprint density at radius 3 is 2.45 bits per heavy atom. The number of likely N-dealkylation sites (N-methyl/N-ethyl adjacent to an activating group) is 1. The summed E-state index contributed by atoms with van der Waals surface area (Å²) in [6.07, 6.45) is 0.124. The van der Waals surface area contributed by atoms with Crippen LogP contribution in [0.3, 0.4) is 0 Å². The monoisotopic (exact) mass is 470 g/mol. The van der Waals surface area contributed by atoms with Crippen molar-refractivity contribution in [3.05, 3.63) is 53.6 Å². The van der Waals surface area contributed by atoms with E-state index >= 15 is 0 Å². The Morgan fingerprint density at radius 2 is 1.73 bits per heavy atom. The topological polar surface area (TPSA) is 90.0 Å². The summed E-state index contributed by atoms with van der Waals surface area (Å²) in [6, 6.07) is 12.1. The smallest absolute Gasteiger partial charge is 0.243 e. The molecular formula is C24H30N4O4S. The minimum Gasteiger partial charge on any atom is -0.326 e. The molecule has 33 heavy (non-hydrogen) atoms. The third-order valence-electron chi connectivity index (χ3n) is 6.56. The third-order valence-corrected chi connectivity index (χ3v) is 8.46. The predicted molar refractivity (Wildman–Crippen MR) is 128 cm³/mol. The summed E-state index contributed by atoms with van der Waals surface area (Å²) in [7, 11) is -1.66. The van der Waals surface area contributed by atoms with Crippen molar-refractivity contribution in [3.63, 3.8) is 0 Å². The molecule has 0 spiro atoms. The van der Waals surface area contributed by atoms with Gasteiger partial charge >= 0.3 is 0 Å². The minimum atomic E-state index is -3.63. The van der Waals surface area contributed by atoms with Crippen molar-refractivity contribution in [1.29, 1.82) is 0 Å². The van der Waals surface area contributed by atoms with Crippen molar-refractivity contribution >= 4 is 33.2 Å². The number of benzene rings is 2. The highest BCUT2D eigenvalue weighted by molar-refractivity contribution is 7.89. The molecule has 2 aromatic carbocycles. The summed E-state index contributed by atoms with van der Waals surface area (Å²) < 4.78 is 27.5. The van der Waals surface area contributed by atoms with Gasteiger partial charge < -0.3 is 15.1 Å². The van der Waals surface area contributed by atoms with Gasteiger partial charge in [0.2, 0.25) is 21.8 Å². The van der Waals surface area contributed by atoms with E-state index in [1.54, 1.807) is 23.1 Å². The second kappa shape index (κ2) is 9.24. The predicted octanol–water partition coefficient (Wildman–Crippen LogP) is 2.23. The van der Waals surface area contributed by atoms with Crippen LogP contribution in [0.25, 0.3) is 0 Å². The summed E-state index contributed by atoms with van der Waals surface area (Å²) >= 11 is 0. The molecule has 9 heteroatoms. The molecule has 2 aliphatic heterocycles. The van der Waals surface area contributed by atoms with E-state index in [0.717, 1.165) is 16.8 Å². The molecule has 1 atom stereocenters. The lowest BCUT2D eigenvalue weighted by molar-refractivity contribution is -0.122. The summed E-state index contributed by atoms with van der Waals surface area (Å²) in [5.74, 6) is -0.879. The quantitative estimate of drug-likeness (QED) is 0.724. The van der Waals surface area contributed by atoms with Gasteiger partial charge in [0.25, 0.3) is 0 Å². The number of rotatable bonds is 5. The van der Waals surface area contributed by atoms with Crippen LogP contribution in [-0.4, -0.2) is 69.2 Å². The molecule has 4 rings (SSSR count). The zero-order chi connectivity index (χ0) is 23.8. The molecule has 1 unspecified atom stereocenters. The van der Waals surface area contributed by atoms with Crippen LogP contribution in [0.5, 0.6) is 0 Å². The Hall–Kier alpha value is -2.75. The van der Waals surface area contributed by atoms with Gasteiger partial charge in [0, 0.05) is 50.5 Å². The lowest BCUT2D eigenvalue weighted by Crippen LogP contribution is -2.47. The number of amides is 2. The Morgan fingerprint density at radius 1 is 1.03 bits per heavy atom. The third kappa shape index (κ3) is 4.80. The fourth-order valence-electron chi connectivity index (χ4n) is 4.30. The molecule has 2 aromatic rings. The van der Waals surface area contributed by atoms with E-state index in [1.165, 1.54) is 10.4 Å². The van der Waals surface area contributed by atoms with E-state index in [1.807, 2.05) is 39.1 Å². The van der Waals surface area contributed by atoms with Crippen molar-refractivity contribution in [1.82, 2.24) is 9.21 Å². The molecule has 0 radical (unpaired) electrons. The number of sulfonamides is 1. The van der Waals surface area contributed by atoms with Crippen molar-refractivity contribution in [2.45, 2.75) is 25.2 Å². The van der Waals surface area contributed by atoms with Crippen LogP contribution in [-0.2, 0) is 19.6 Å². The van der Waals surface area contributed by atoms with Crippen LogP contribution in [0.2, 0.25) is 0 Å². The molecule has 0 saturated carbocycles. The first-order valence-corrected chi connectivity index (χ1v) is 12.6. The first-order chi connectivity index (χ1) is 15.7. The van der Waals surface area contributed by atoms with Gasteiger partial charge in [-0.15, -0.1) is 0 Å². The average Bonchev–Trinajstić information content (AvgIpc) is 3.18. The summed E-state index contributed by atoms with van der Waals surface area (Å²) in [5.41, 5.74) is 3.35. The maximum absolute atomic E-state index is 13.0. The molecule has 0 aromatic heterocycles. The van der Waals surface area contributed by atoms with Crippen molar-refractivity contribution in [2.75, 3.05) is 50.0 Å². The van der Waals surface area contributed by atoms with E-state index < -0.39 is 15.9 Å². The molecule has 0 bridgehead atoms. The number of piperazine rings is 1. The second-order valence-electron chi connectivity index (χ2n) is 8.85. The number of hydrogen-bond acceptors (Lipinski definition) is 5. The van der Waals surface area contributed by atoms with Gasteiger partial charge in [-0.05, 0) is 56.3 Å². The maximum Gasteiger partial charge on any atom is 0.243 e. The first-order valence-electron chi connectivity index (χ1n) is 11.1. The molecule has 2 fully saturated rings. The van der Waals surface area contributed by atoms with Crippen LogP contribution in [0, 0.1) is 19.8 Å². The summed E-state index contributed by atoms with van der Waals surface area (Å²) in [4.78, 5) is 29.5. The maximum atomic E-state index is 13.0. The molecule has 2 heterocycles. The Balaban J connectivity index is 1.46. The van der Waals surface area contributed by atoms with Gasteiger partial charge in [-0.25, -0.2) is 8.42 Å². The van der Waals surface area contributed by atoms with Crippen LogP contribution >= 0.6 is 0 Å². The van der Waals surface area contributed by atoms with Crippen LogP contribution in [0.4, 0.5) is 11.4 Å². The van der Waals surface area contributed by atoms with Gasteiger partial charge in [-0.2, -0.15) is 4.31 Å². The van der Waals surface area contributed by atoms with Crippen molar-refractivity contribution in [2.24, 2.45) is 5.92 Å². The summed E-state index contributed by atoms with van der Waals surface area (Å²) in [5, 5.41) is 2.82. The standard InChI is InChI=1S/C24H30N4O4S/c1-17-6-4-9-22(18(17)2)28-16-19(14-23(28)29)24(30)25-20-7-5-8-21(15-20)33(31,32)27-12-10-26(3)11-13-27/h4-9,15,19H,10-14,16H2,1-3H3,(H,25,30). The van der Waals surface area contributed by atoms with Crippen LogP contribution in [0.15, 0.2) is 47.4 Å². The molecule has 2 aliphatic rings. The highest BCUT2D eigenvalue weighted by atomic mass is 32.2. The molecule has 2 amide bonds. The molecule has 8 nitrogen and oxygen atoms in total. The number of carbonyl (C=O) groups excluding carboxylic acids is 2. The number of carbonyl (C=O) groups is 2. The van der Waals surface area contributed by atoms with Gasteiger partial charge in [-0.1, -0.05) is 18.2 Å². The fraction of sp³-hybridized carbons (Fsp3) is 0.417. The average molecular weight is 471 g/mol. The lowest BCUT2D eigenvalue weighted by Gasteiger charge is -2.31. The SMILES string of the molecule is Cc1cccc(N2CC(C(=O)Nc3cccc(S(=O)(=O)N4CCN(C)CC4)c3)CC2=O)c1C. The van der Waals surface area contributed by atoms with E-state index in [0.29, 0.717) is 38.4 Å². The second-order valence-corrected chi connectivity index (χ2v) is 10.8. The first kappa shape index (κ1) is 23.4. The number of nitrogens with one attached hydrogen (secondary N) is 1. The largest absolute Gasteiger partial charge is 0.326 e. The highest BCUT2D eigenvalue weighted by Crippen LogP contribution is 2.30.